The molecule has 0 aliphatic heterocycles. The van der Waals surface area contributed by atoms with Crippen molar-refractivity contribution in [2.24, 2.45) is 0 Å². The van der Waals surface area contributed by atoms with Crippen LogP contribution in [0, 0.1) is 0 Å². The van der Waals surface area contributed by atoms with Crippen LogP contribution in [0.2, 0.25) is 0 Å². The average molecular weight is 354 g/mol. The van der Waals surface area contributed by atoms with E-state index in [0.717, 1.165) is 17.3 Å². The van der Waals surface area contributed by atoms with Crippen molar-refractivity contribution >= 4 is 22.0 Å². The smallest absolute Gasteiger partial charge is 0.407 e. The van der Waals surface area contributed by atoms with E-state index in [4.69, 9.17) is 4.74 Å². The predicted octanol–water partition coefficient (Wildman–Crippen LogP) is 4.79. The van der Waals surface area contributed by atoms with Crippen LogP contribution in [0.15, 0.2) is 28.7 Å². The van der Waals surface area contributed by atoms with Crippen molar-refractivity contribution in [1.29, 1.82) is 0 Å². The zero-order valence-corrected chi connectivity index (χ0v) is 14.6. The van der Waals surface area contributed by atoms with E-state index in [1.165, 1.54) is 18.4 Å². The lowest BCUT2D eigenvalue weighted by atomic mass is 9.79. The monoisotopic (exact) mass is 353 g/mol. The summed E-state index contributed by atoms with van der Waals surface area (Å²) < 4.78 is 6.43. The first-order valence-electron chi connectivity index (χ1n) is 7.54. The lowest BCUT2D eigenvalue weighted by molar-refractivity contribution is 0.0514. The average Bonchev–Trinajstić information content (AvgIpc) is 2.84. The molecule has 1 aliphatic rings. The van der Waals surface area contributed by atoms with Gasteiger partial charge in [0.05, 0.1) is 0 Å². The number of ether oxygens (including phenoxy) is 1. The van der Waals surface area contributed by atoms with Crippen LogP contribution >= 0.6 is 15.9 Å². The SMILES string of the molecule is CC(C)(C)OC(=O)NCC1(c2cccc(Br)c2)CCCC1. The number of halogens is 1. The summed E-state index contributed by atoms with van der Waals surface area (Å²) in [5, 5.41) is 2.96. The molecule has 1 fully saturated rings. The first kappa shape index (κ1) is 16.3. The summed E-state index contributed by atoms with van der Waals surface area (Å²) in [6, 6.07) is 8.43. The summed E-state index contributed by atoms with van der Waals surface area (Å²) >= 11 is 3.54. The first-order chi connectivity index (χ1) is 9.81. The van der Waals surface area contributed by atoms with Crippen LogP contribution in [0.1, 0.15) is 52.0 Å². The zero-order valence-electron chi connectivity index (χ0n) is 13.0. The van der Waals surface area contributed by atoms with Crippen LogP contribution in [0.25, 0.3) is 0 Å². The number of hydrogen-bond acceptors (Lipinski definition) is 2. The van der Waals surface area contributed by atoms with Gasteiger partial charge in [0.2, 0.25) is 0 Å². The Morgan fingerprint density at radius 2 is 2.00 bits per heavy atom. The van der Waals surface area contributed by atoms with Crippen LogP contribution in [-0.2, 0) is 10.2 Å². The fourth-order valence-corrected chi connectivity index (χ4v) is 3.39. The van der Waals surface area contributed by atoms with E-state index in [2.05, 4.69) is 39.4 Å². The second-order valence-corrected chi connectivity index (χ2v) is 7.77. The van der Waals surface area contributed by atoms with Crippen molar-refractivity contribution in [2.45, 2.75) is 57.5 Å². The summed E-state index contributed by atoms with van der Waals surface area (Å²) in [6.07, 6.45) is 4.31. The number of carbonyl (C=O) groups is 1. The standard InChI is InChI=1S/C17H24BrNO2/c1-16(2,3)21-15(20)19-12-17(9-4-5-10-17)13-7-6-8-14(18)11-13/h6-8,11H,4-5,9-10,12H2,1-3H3,(H,19,20). The molecule has 116 valence electrons. The van der Waals surface area contributed by atoms with Crippen molar-refractivity contribution in [2.75, 3.05) is 6.54 Å². The third-order valence-electron chi connectivity index (χ3n) is 3.97. The molecule has 0 bridgehead atoms. The number of hydrogen-bond donors (Lipinski definition) is 1. The Morgan fingerprint density at radius 1 is 1.33 bits per heavy atom. The van der Waals surface area contributed by atoms with Gasteiger partial charge in [-0.25, -0.2) is 4.79 Å². The van der Waals surface area contributed by atoms with Crippen LogP contribution < -0.4 is 5.32 Å². The van der Waals surface area contributed by atoms with Gasteiger partial charge in [0, 0.05) is 16.4 Å². The van der Waals surface area contributed by atoms with Crippen LogP contribution in [0.5, 0.6) is 0 Å². The van der Waals surface area contributed by atoms with Gasteiger partial charge in [-0.15, -0.1) is 0 Å². The molecule has 1 amide bonds. The maximum atomic E-state index is 11.9. The van der Waals surface area contributed by atoms with E-state index in [1.54, 1.807) is 0 Å². The molecule has 21 heavy (non-hydrogen) atoms. The lowest BCUT2D eigenvalue weighted by Crippen LogP contribution is -2.41. The maximum absolute atomic E-state index is 11.9. The van der Waals surface area contributed by atoms with E-state index in [9.17, 15) is 4.79 Å². The maximum Gasteiger partial charge on any atom is 0.407 e. The molecule has 0 spiro atoms. The van der Waals surface area contributed by atoms with Crippen molar-refractivity contribution in [3.05, 3.63) is 34.3 Å². The van der Waals surface area contributed by atoms with Gasteiger partial charge in [0.1, 0.15) is 5.60 Å². The summed E-state index contributed by atoms with van der Waals surface area (Å²) in [5.74, 6) is 0. The van der Waals surface area contributed by atoms with E-state index < -0.39 is 5.60 Å². The van der Waals surface area contributed by atoms with Gasteiger partial charge in [-0.1, -0.05) is 40.9 Å². The topological polar surface area (TPSA) is 38.3 Å². The second kappa shape index (κ2) is 6.39. The van der Waals surface area contributed by atoms with Crippen molar-refractivity contribution in [3.63, 3.8) is 0 Å². The molecule has 1 aromatic carbocycles. The Balaban J connectivity index is 2.08. The molecule has 1 N–H and O–H groups in total. The lowest BCUT2D eigenvalue weighted by Gasteiger charge is -2.31. The molecule has 0 saturated heterocycles. The fourth-order valence-electron chi connectivity index (χ4n) is 2.99. The molecule has 1 aromatic rings. The molecule has 1 aliphatic carbocycles. The van der Waals surface area contributed by atoms with E-state index in [1.807, 2.05) is 26.8 Å². The van der Waals surface area contributed by atoms with Gasteiger partial charge >= 0.3 is 6.09 Å². The summed E-state index contributed by atoms with van der Waals surface area (Å²) in [4.78, 5) is 11.9. The van der Waals surface area contributed by atoms with Gasteiger partial charge in [-0.05, 0) is 51.3 Å². The molecule has 1 saturated carbocycles. The number of nitrogens with one attached hydrogen (secondary N) is 1. The Kier molecular flexibility index (Phi) is 4.97. The van der Waals surface area contributed by atoms with E-state index >= 15 is 0 Å². The third-order valence-corrected chi connectivity index (χ3v) is 4.46. The minimum absolute atomic E-state index is 0.0423. The fraction of sp³-hybridized carbons (Fsp3) is 0.588. The van der Waals surface area contributed by atoms with Gasteiger partial charge in [-0.2, -0.15) is 0 Å². The largest absolute Gasteiger partial charge is 0.444 e. The normalized spacial score (nSPS) is 17.5. The number of alkyl carbamates (subject to hydrolysis) is 1. The van der Waals surface area contributed by atoms with Crippen LogP contribution in [-0.4, -0.2) is 18.2 Å². The molecule has 0 heterocycles. The van der Waals surface area contributed by atoms with E-state index in [0.29, 0.717) is 6.54 Å². The third kappa shape index (κ3) is 4.47. The molecular formula is C17H24BrNO2. The number of amides is 1. The molecule has 3 nitrogen and oxygen atoms in total. The summed E-state index contributed by atoms with van der Waals surface area (Å²) in [6.45, 7) is 6.28. The second-order valence-electron chi connectivity index (χ2n) is 6.85. The highest BCUT2D eigenvalue weighted by molar-refractivity contribution is 9.10. The number of benzene rings is 1. The minimum Gasteiger partial charge on any atom is -0.444 e. The van der Waals surface area contributed by atoms with Gasteiger partial charge in [0.15, 0.2) is 0 Å². The molecule has 0 aromatic heterocycles. The van der Waals surface area contributed by atoms with Crippen molar-refractivity contribution in [1.82, 2.24) is 5.32 Å². The van der Waals surface area contributed by atoms with E-state index in [-0.39, 0.29) is 11.5 Å². The number of carbonyl (C=O) groups excluding carboxylic acids is 1. The highest BCUT2D eigenvalue weighted by Gasteiger charge is 2.36. The Bertz CT molecular complexity index is 502. The highest BCUT2D eigenvalue weighted by atomic mass is 79.9. The Morgan fingerprint density at radius 3 is 2.57 bits per heavy atom. The molecule has 0 unspecified atom stereocenters. The van der Waals surface area contributed by atoms with Crippen LogP contribution in [0.3, 0.4) is 0 Å². The molecule has 4 heteroatoms. The minimum atomic E-state index is -0.456. The van der Waals surface area contributed by atoms with Gasteiger partial charge < -0.3 is 10.1 Å². The molecular weight excluding hydrogens is 330 g/mol. The predicted molar refractivity (Wildman–Crippen MR) is 88.5 cm³/mol. The van der Waals surface area contributed by atoms with Crippen LogP contribution in [0.4, 0.5) is 4.79 Å². The Hall–Kier alpha value is -1.03. The van der Waals surface area contributed by atoms with Gasteiger partial charge in [-0.3, -0.25) is 0 Å². The zero-order chi connectivity index (χ0) is 15.5. The van der Waals surface area contributed by atoms with Gasteiger partial charge in [0.25, 0.3) is 0 Å². The highest BCUT2D eigenvalue weighted by Crippen LogP contribution is 2.41. The van der Waals surface area contributed by atoms with Crippen molar-refractivity contribution < 1.29 is 9.53 Å². The summed E-state index contributed by atoms with van der Waals surface area (Å²) in [5.41, 5.74) is 0.883. The molecule has 0 radical (unpaired) electrons. The molecule has 2 rings (SSSR count). The Labute approximate surface area is 135 Å². The van der Waals surface area contributed by atoms with Crippen molar-refractivity contribution in [3.8, 4) is 0 Å². The molecule has 0 atom stereocenters. The summed E-state index contributed by atoms with van der Waals surface area (Å²) in [7, 11) is 0. The first-order valence-corrected chi connectivity index (χ1v) is 8.33. The quantitative estimate of drug-likeness (QED) is 0.848. The number of rotatable bonds is 3.